The number of rotatable bonds is 4. The Morgan fingerprint density at radius 1 is 1.64 bits per heavy atom. The van der Waals surface area contributed by atoms with Gasteiger partial charge in [0.15, 0.2) is 0 Å². The van der Waals surface area contributed by atoms with Crippen LogP contribution in [0.3, 0.4) is 0 Å². The maximum Gasteiger partial charge on any atom is 0.303 e. The molecule has 0 amide bonds. The summed E-state index contributed by atoms with van der Waals surface area (Å²) in [6.07, 6.45) is 4.44. The van der Waals surface area contributed by atoms with Crippen LogP contribution in [0.25, 0.3) is 0 Å². The smallest absolute Gasteiger partial charge is 0.303 e. The van der Waals surface area contributed by atoms with E-state index in [4.69, 9.17) is 5.11 Å². The Labute approximate surface area is 67.2 Å². The van der Waals surface area contributed by atoms with Crippen molar-refractivity contribution in [1.82, 2.24) is 0 Å². The van der Waals surface area contributed by atoms with Gasteiger partial charge in [-0.2, -0.15) is 0 Å². The first-order valence-corrected chi connectivity index (χ1v) is 3.75. The van der Waals surface area contributed by atoms with Crippen LogP contribution in [-0.4, -0.2) is 11.1 Å². The molecule has 0 spiro atoms. The quantitative estimate of drug-likeness (QED) is 0.630. The van der Waals surface area contributed by atoms with Gasteiger partial charge in [0.05, 0.1) is 0 Å². The molecule has 0 saturated heterocycles. The highest BCUT2D eigenvalue weighted by Crippen LogP contribution is 1.93. The third-order valence-electron chi connectivity index (χ3n) is 1.05. The molecule has 0 bridgehead atoms. The number of hydrogen-bond donors (Lipinski definition) is 1. The lowest BCUT2D eigenvalue weighted by molar-refractivity contribution is -0.136. The Bertz CT molecular complexity index is 174. The first-order valence-electron chi connectivity index (χ1n) is 3.75. The second-order valence-corrected chi connectivity index (χ2v) is 2.71. The average molecular weight is 154 g/mol. The second-order valence-electron chi connectivity index (χ2n) is 2.71. The Hall–Kier alpha value is -1.01. The SMILES string of the molecule is CC(C)C=C=CCCC(=O)O. The zero-order chi connectivity index (χ0) is 8.69. The van der Waals surface area contributed by atoms with Crippen LogP contribution in [0.1, 0.15) is 26.7 Å². The predicted octanol–water partition coefficient (Wildman–Crippen LogP) is 2.22. The Balaban J connectivity index is 3.52. The summed E-state index contributed by atoms with van der Waals surface area (Å²) in [7, 11) is 0. The van der Waals surface area contributed by atoms with E-state index in [2.05, 4.69) is 19.6 Å². The van der Waals surface area contributed by atoms with Gasteiger partial charge < -0.3 is 5.11 Å². The summed E-state index contributed by atoms with van der Waals surface area (Å²) in [5.74, 6) is -0.274. The van der Waals surface area contributed by atoms with Crippen LogP contribution in [0.4, 0.5) is 0 Å². The highest BCUT2D eigenvalue weighted by atomic mass is 16.4. The third kappa shape index (κ3) is 8.99. The van der Waals surface area contributed by atoms with Gasteiger partial charge in [0.25, 0.3) is 0 Å². The van der Waals surface area contributed by atoms with Crippen LogP contribution in [0.2, 0.25) is 0 Å². The van der Waals surface area contributed by atoms with Crippen molar-refractivity contribution in [2.45, 2.75) is 26.7 Å². The molecule has 11 heavy (non-hydrogen) atoms. The summed E-state index contributed by atoms with van der Waals surface area (Å²) in [6, 6.07) is 0. The minimum Gasteiger partial charge on any atom is -0.481 e. The van der Waals surface area contributed by atoms with Crippen molar-refractivity contribution in [2.75, 3.05) is 0 Å². The van der Waals surface area contributed by atoms with Gasteiger partial charge in [0.2, 0.25) is 0 Å². The van der Waals surface area contributed by atoms with Gasteiger partial charge in [-0.15, -0.1) is 5.73 Å². The van der Waals surface area contributed by atoms with E-state index in [0.717, 1.165) is 0 Å². The van der Waals surface area contributed by atoms with Crippen molar-refractivity contribution in [3.05, 3.63) is 17.9 Å². The first-order chi connectivity index (χ1) is 5.13. The third-order valence-corrected chi connectivity index (χ3v) is 1.05. The molecule has 62 valence electrons. The fourth-order valence-electron chi connectivity index (χ4n) is 0.539. The van der Waals surface area contributed by atoms with E-state index in [1.54, 1.807) is 6.08 Å². The van der Waals surface area contributed by atoms with E-state index in [9.17, 15) is 4.79 Å². The van der Waals surface area contributed by atoms with Gasteiger partial charge in [0.1, 0.15) is 0 Å². The first kappa shape index (κ1) is 9.99. The molecule has 0 radical (unpaired) electrons. The Morgan fingerprint density at radius 2 is 2.27 bits per heavy atom. The molecule has 0 aliphatic rings. The summed E-state index contributed by atoms with van der Waals surface area (Å²) in [5.41, 5.74) is 2.93. The summed E-state index contributed by atoms with van der Waals surface area (Å²) in [6.45, 7) is 4.11. The van der Waals surface area contributed by atoms with Crippen molar-refractivity contribution < 1.29 is 9.90 Å². The molecule has 0 unspecified atom stereocenters. The minimum absolute atomic E-state index is 0.193. The molecule has 2 nitrogen and oxygen atoms in total. The fourth-order valence-corrected chi connectivity index (χ4v) is 0.539. The van der Waals surface area contributed by atoms with Crippen LogP contribution >= 0.6 is 0 Å². The number of aliphatic carboxylic acids is 1. The lowest BCUT2D eigenvalue weighted by atomic mass is 10.2. The van der Waals surface area contributed by atoms with Crippen LogP contribution in [0.5, 0.6) is 0 Å². The lowest BCUT2D eigenvalue weighted by Crippen LogP contribution is -1.91. The van der Waals surface area contributed by atoms with Crippen LogP contribution in [0.15, 0.2) is 17.9 Å². The predicted molar refractivity (Wildman–Crippen MR) is 44.4 cm³/mol. The topological polar surface area (TPSA) is 37.3 Å². The highest BCUT2D eigenvalue weighted by Gasteiger charge is 1.90. The molecule has 0 aliphatic heterocycles. The molecule has 1 N–H and O–H groups in total. The molecule has 2 heteroatoms. The van der Waals surface area contributed by atoms with Crippen LogP contribution in [-0.2, 0) is 4.79 Å². The molecule has 0 aromatic heterocycles. The number of hydrogen-bond acceptors (Lipinski definition) is 1. The maximum absolute atomic E-state index is 10.0. The van der Waals surface area contributed by atoms with Crippen molar-refractivity contribution >= 4 is 5.97 Å². The van der Waals surface area contributed by atoms with Gasteiger partial charge >= 0.3 is 5.97 Å². The summed E-state index contributed by atoms with van der Waals surface area (Å²) in [4.78, 5) is 10.0. The molecular formula is C9H14O2. The Kier molecular flexibility index (Phi) is 5.22. The Morgan fingerprint density at radius 3 is 2.73 bits per heavy atom. The van der Waals surface area contributed by atoms with Gasteiger partial charge in [0, 0.05) is 6.42 Å². The molecule has 0 aliphatic carbocycles. The van der Waals surface area contributed by atoms with E-state index in [0.29, 0.717) is 12.3 Å². The monoisotopic (exact) mass is 154 g/mol. The standard InChI is InChI=1S/C9H14O2/c1-8(2)6-4-3-5-7-9(10)11/h3,6,8H,5,7H2,1-2H3,(H,10,11). The van der Waals surface area contributed by atoms with Crippen LogP contribution in [0, 0.1) is 5.92 Å². The maximum atomic E-state index is 10.0. The van der Waals surface area contributed by atoms with Crippen molar-refractivity contribution in [3.8, 4) is 0 Å². The number of carboxylic acid groups (broad SMARTS) is 1. The van der Waals surface area contributed by atoms with Crippen molar-refractivity contribution in [1.29, 1.82) is 0 Å². The van der Waals surface area contributed by atoms with E-state index in [-0.39, 0.29) is 6.42 Å². The highest BCUT2D eigenvalue weighted by molar-refractivity contribution is 5.66. The zero-order valence-corrected chi connectivity index (χ0v) is 7.00. The average Bonchev–Trinajstić information content (AvgIpc) is 1.85. The second kappa shape index (κ2) is 5.75. The minimum atomic E-state index is -0.757. The molecule has 0 atom stereocenters. The number of allylic oxidation sites excluding steroid dienone is 1. The molecular weight excluding hydrogens is 140 g/mol. The summed E-state index contributed by atoms with van der Waals surface area (Å²) < 4.78 is 0. The van der Waals surface area contributed by atoms with Gasteiger partial charge in [-0.3, -0.25) is 4.79 Å². The van der Waals surface area contributed by atoms with Crippen LogP contribution < -0.4 is 0 Å². The van der Waals surface area contributed by atoms with E-state index < -0.39 is 5.97 Å². The normalized spacial score (nSPS) is 9.00. The van der Waals surface area contributed by atoms with E-state index in [1.165, 1.54) is 0 Å². The molecule has 0 aromatic rings. The zero-order valence-electron chi connectivity index (χ0n) is 7.00. The van der Waals surface area contributed by atoms with Gasteiger partial charge in [-0.05, 0) is 24.5 Å². The number of carboxylic acids is 1. The van der Waals surface area contributed by atoms with Crippen molar-refractivity contribution in [3.63, 3.8) is 0 Å². The molecule has 0 aromatic carbocycles. The fraction of sp³-hybridized carbons (Fsp3) is 0.556. The van der Waals surface area contributed by atoms with Gasteiger partial charge in [-0.25, -0.2) is 0 Å². The van der Waals surface area contributed by atoms with Crippen molar-refractivity contribution in [2.24, 2.45) is 5.92 Å². The summed E-state index contributed by atoms with van der Waals surface area (Å²) >= 11 is 0. The molecule has 0 fully saturated rings. The molecule has 0 saturated carbocycles. The lowest BCUT2D eigenvalue weighted by Gasteiger charge is -1.87. The van der Waals surface area contributed by atoms with Gasteiger partial charge in [-0.1, -0.05) is 13.8 Å². The van der Waals surface area contributed by atoms with E-state index >= 15 is 0 Å². The largest absolute Gasteiger partial charge is 0.481 e. The summed E-state index contributed by atoms with van der Waals surface area (Å²) in [5, 5.41) is 8.26. The van der Waals surface area contributed by atoms with E-state index in [1.807, 2.05) is 6.08 Å². The molecule has 0 rings (SSSR count). The number of carbonyl (C=O) groups is 1. The molecule has 0 heterocycles.